The first-order chi connectivity index (χ1) is 6.27. The summed E-state index contributed by atoms with van der Waals surface area (Å²) in [6, 6.07) is 6.58. The van der Waals surface area contributed by atoms with Gasteiger partial charge in [-0.25, -0.2) is 4.39 Å². The molecule has 0 aliphatic carbocycles. The Balaban J connectivity index is 2.23. The number of amidine groups is 1. The first-order valence-corrected chi connectivity index (χ1v) is 4.65. The highest BCUT2D eigenvalue weighted by atomic mass is 32.2. The van der Waals surface area contributed by atoms with Gasteiger partial charge in [0.2, 0.25) is 0 Å². The molecule has 1 aliphatic heterocycles. The second kappa shape index (κ2) is 3.26. The second-order valence-corrected chi connectivity index (χ2v) is 3.72. The van der Waals surface area contributed by atoms with Crippen LogP contribution in [0.4, 0.5) is 4.39 Å². The topological polar surface area (TPSA) is 50.4 Å². The lowest BCUT2D eigenvalue weighted by Crippen LogP contribution is -2.08. The predicted molar refractivity (Wildman–Crippen MR) is 51.5 cm³/mol. The normalized spacial score (nSPS) is 21.0. The molecule has 1 aliphatic rings. The number of thioether (sulfide) groups is 1. The summed E-state index contributed by atoms with van der Waals surface area (Å²) in [5.41, 5.74) is 8.77. The quantitative estimate of drug-likeness (QED) is 0.715. The number of halogens is 1. The van der Waals surface area contributed by atoms with Gasteiger partial charge in [0.15, 0.2) is 5.17 Å². The van der Waals surface area contributed by atoms with Crippen molar-refractivity contribution in [2.45, 2.75) is 5.37 Å². The van der Waals surface area contributed by atoms with Gasteiger partial charge in [-0.3, -0.25) is 5.43 Å². The number of nitrogens with two attached hydrogens (primary N) is 1. The van der Waals surface area contributed by atoms with Crippen LogP contribution >= 0.6 is 11.8 Å². The summed E-state index contributed by atoms with van der Waals surface area (Å²) in [6.07, 6.45) is 0. The van der Waals surface area contributed by atoms with E-state index in [0.29, 0.717) is 10.7 Å². The van der Waals surface area contributed by atoms with E-state index in [-0.39, 0.29) is 11.2 Å². The van der Waals surface area contributed by atoms with E-state index in [0.717, 1.165) is 0 Å². The molecule has 0 saturated carbocycles. The Morgan fingerprint density at radius 3 is 2.85 bits per heavy atom. The van der Waals surface area contributed by atoms with Crippen LogP contribution in [0.5, 0.6) is 0 Å². The third-order valence-corrected chi connectivity index (χ3v) is 2.65. The number of hydrogen-bond donors (Lipinski definition) is 2. The SMILES string of the molecule is NC1=NNC(c2ccccc2F)S1. The first-order valence-electron chi connectivity index (χ1n) is 3.77. The minimum absolute atomic E-state index is 0.193. The lowest BCUT2D eigenvalue weighted by molar-refractivity contribution is 0.593. The number of nitrogens with one attached hydrogen (secondary N) is 1. The molecule has 1 aromatic rings. The molecule has 3 N–H and O–H groups in total. The van der Waals surface area contributed by atoms with Gasteiger partial charge < -0.3 is 5.73 Å². The van der Waals surface area contributed by atoms with Crippen molar-refractivity contribution >= 4 is 16.9 Å². The van der Waals surface area contributed by atoms with E-state index in [1.807, 2.05) is 0 Å². The van der Waals surface area contributed by atoms with Gasteiger partial charge in [0, 0.05) is 5.56 Å². The van der Waals surface area contributed by atoms with Gasteiger partial charge in [0.05, 0.1) is 0 Å². The molecule has 1 atom stereocenters. The lowest BCUT2D eigenvalue weighted by Gasteiger charge is -2.09. The monoisotopic (exact) mass is 197 g/mol. The van der Waals surface area contributed by atoms with E-state index in [1.54, 1.807) is 18.2 Å². The number of hydrazone groups is 1. The van der Waals surface area contributed by atoms with Crippen molar-refractivity contribution in [2.24, 2.45) is 10.8 Å². The second-order valence-electron chi connectivity index (χ2n) is 2.60. The zero-order chi connectivity index (χ0) is 9.26. The minimum Gasteiger partial charge on any atom is -0.377 e. The van der Waals surface area contributed by atoms with Crippen molar-refractivity contribution < 1.29 is 4.39 Å². The molecule has 1 aromatic carbocycles. The molecule has 0 radical (unpaired) electrons. The largest absolute Gasteiger partial charge is 0.377 e. The average Bonchev–Trinajstić information content (AvgIpc) is 2.53. The molecule has 0 amide bonds. The molecule has 2 rings (SSSR count). The Bertz CT molecular complexity index is 353. The zero-order valence-electron chi connectivity index (χ0n) is 6.70. The van der Waals surface area contributed by atoms with E-state index in [4.69, 9.17) is 5.73 Å². The Labute approximate surface area is 79.2 Å². The first kappa shape index (κ1) is 8.37. The number of nitrogens with zero attached hydrogens (tertiary/aromatic N) is 1. The van der Waals surface area contributed by atoms with Gasteiger partial charge >= 0.3 is 0 Å². The molecule has 0 spiro atoms. The molecule has 1 heterocycles. The van der Waals surface area contributed by atoms with Gasteiger partial charge in [0.1, 0.15) is 11.2 Å². The van der Waals surface area contributed by atoms with Crippen LogP contribution in [-0.2, 0) is 0 Å². The Kier molecular flexibility index (Phi) is 2.10. The maximum absolute atomic E-state index is 13.2. The van der Waals surface area contributed by atoms with Crippen molar-refractivity contribution in [3.05, 3.63) is 35.6 Å². The van der Waals surface area contributed by atoms with Crippen molar-refractivity contribution in [3.63, 3.8) is 0 Å². The standard InChI is InChI=1S/C8H8FN3S/c9-6-4-2-1-3-5(6)7-11-12-8(10)13-7/h1-4,7,11H,(H2,10,12). The van der Waals surface area contributed by atoms with Crippen molar-refractivity contribution in [1.29, 1.82) is 0 Å². The van der Waals surface area contributed by atoms with Crippen molar-refractivity contribution in [3.8, 4) is 0 Å². The van der Waals surface area contributed by atoms with Gasteiger partial charge in [-0.15, -0.1) is 0 Å². The third kappa shape index (κ3) is 1.60. The molecule has 0 bridgehead atoms. The van der Waals surface area contributed by atoms with Crippen LogP contribution in [0, 0.1) is 5.82 Å². The summed E-state index contributed by atoms with van der Waals surface area (Å²) < 4.78 is 13.2. The summed E-state index contributed by atoms with van der Waals surface area (Å²) >= 11 is 1.31. The molecule has 0 aromatic heterocycles. The summed E-state index contributed by atoms with van der Waals surface area (Å²) in [7, 11) is 0. The van der Waals surface area contributed by atoms with Crippen molar-refractivity contribution in [1.82, 2.24) is 5.43 Å². The minimum atomic E-state index is -0.239. The fourth-order valence-corrected chi connectivity index (χ4v) is 1.89. The third-order valence-electron chi connectivity index (χ3n) is 1.72. The molecule has 68 valence electrons. The number of rotatable bonds is 1. The van der Waals surface area contributed by atoms with Crippen LogP contribution in [0.25, 0.3) is 0 Å². The van der Waals surface area contributed by atoms with Crippen LogP contribution < -0.4 is 11.2 Å². The Morgan fingerprint density at radius 2 is 2.23 bits per heavy atom. The molecule has 13 heavy (non-hydrogen) atoms. The summed E-state index contributed by atoms with van der Waals surface area (Å²) in [5, 5.41) is 4.02. The Morgan fingerprint density at radius 1 is 1.46 bits per heavy atom. The van der Waals surface area contributed by atoms with Crippen LogP contribution in [0.3, 0.4) is 0 Å². The zero-order valence-corrected chi connectivity index (χ0v) is 7.51. The highest BCUT2D eigenvalue weighted by Crippen LogP contribution is 2.31. The van der Waals surface area contributed by atoms with Gasteiger partial charge in [0.25, 0.3) is 0 Å². The Hall–Kier alpha value is -1.23. The summed E-state index contributed by atoms with van der Waals surface area (Å²) in [6.45, 7) is 0. The van der Waals surface area contributed by atoms with Crippen LogP contribution in [0.1, 0.15) is 10.9 Å². The fourth-order valence-electron chi connectivity index (χ4n) is 1.12. The van der Waals surface area contributed by atoms with Crippen LogP contribution in [0.15, 0.2) is 29.4 Å². The number of hydrogen-bond acceptors (Lipinski definition) is 4. The molecular weight excluding hydrogens is 189 g/mol. The van der Waals surface area contributed by atoms with E-state index < -0.39 is 0 Å². The molecule has 1 unspecified atom stereocenters. The van der Waals surface area contributed by atoms with Gasteiger partial charge in [-0.2, -0.15) is 5.10 Å². The summed E-state index contributed by atoms with van der Waals surface area (Å²) in [5.74, 6) is -0.239. The van der Waals surface area contributed by atoms with E-state index in [9.17, 15) is 4.39 Å². The smallest absolute Gasteiger partial charge is 0.180 e. The molecule has 0 fully saturated rings. The number of benzene rings is 1. The van der Waals surface area contributed by atoms with E-state index in [2.05, 4.69) is 10.5 Å². The maximum atomic E-state index is 13.2. The average molecular weight is 197 g/mol. The highest BCUT2D eigenvalue weighted by Gasteiger charge is 2.21. The molecule has 0 saturated heterocycles. The molecule has 3 nitrogen and oxygen atoms in total. The lowest BCUT2D eigenvalue weighted by atomic mass is 10.2. The van der Waals surface area contributed by atoms with Gasteiger partial charge in [-0.05, 0) is 6.07 Å². The van der Waals surface area contributed by atoms with Crippen molar-refractivity contribution in [2.75, 3.05) is 0 Å². The van der Waals surface area contributed by atoms with Gasteiger partial charge in [-0.1, -0.05) is 30.0 Å². The fraction of sp³-hybridized carbons (Fsp3) is 0.125. The maximum Gasteiger partial charge on any atom is 0.180 e. The van der Waals surface area contributed by atoms with Crippen LogP contribution in [0.2, 0.25) is 0 Å². The van der Waals surface area contributed by atoms with E-state index in [1.165, 1.54) is 17.8 Å². The highest BCUT2D eigenvalue weighted by molar-refractivity contribution is 8.14. The van der Waals surface area contributed by atoms with Crippen LogP contribution in [-0.4, -0.2) is 5.17 Å². The van der Waals surface area contributed by atoms with E-state index >= 15 is 0 Å². The summed E-state index contributed by atoms with van der Waals surface area (Å²) in [4.78, 5) is 0. The predicted octanol–water partition coefficient (Wildman–Crippen LogP) is 1.39. The molecular formula is C8H8FN3S. The molecule has 5 heteroatoms.